The Morgan fingerprint density at radius 3 is 2.45 bits per heavy atom. The van der Waals surface area contributed by atoms with Crippen molar-refractivity contribution in [2.24, 2.45) is 17.6 Å². The SMILES string of the molecule is CO[C@H]1/C=C/C=C(/C)C(=O)NC2=CC(=O)C(NC[C@H](O)CO)=C(C[C@@H](C)C[C@H](OC)[C@H](O)[C@@H](C)/C=C(\C)[C@@H]1OC(N)=O)C2=O. The van der Waals surface area contributed by atoms with Gasteiger partial charge in [0, 0.05) is 43.9 Å². The number of nitrogens with one attached hydrogen (secondary N) is 2. The third-order valence-electron chi connectivity index (χ3n) is 7.52. The number of methoxy groups -OCH3 is 2. The monoisotopic (exact) mass is 619 g/mol. The maximum absolute atomic E-state index is 13.6. The van der Waals surface area contributed by atoms with E-state index < -0.39 is 66.6 Å². The van der Waals surface area contributed by atoms with Crippen molar-refractivity contribution in [1.29, 1.82) is 0 Å². The maximum Gasteiger partial charge on any atom is 0.405 e. The second-order valence-electron chi connectivity index (χ2n) is 11.1. The number of fused-ring (bicyclic) bond motifs is 2. The third kappa shape index (κ3) is 9.96. The molecule has 0 aromatic carbocycles. The van der Waals surface area contributed by atoms with Gasteiger partial charge in [-0.2, -0.15) is 0 Å². The van der Waals surface area contributed by atoms with Gasteiger partial charge in [0.2, 0.25) is 11.6 Å². The average molecular weight is 620 g/mol. The Bertz CT molecular complexity index is 1230. The van der Waals surface area contributed by atoms with E-state index in [4.69, 9.17) is 19.9 Å². The van der Waals surface area contributed by atoms with Crippen molar-refractivity contribution >= 4 is 23.6 Å². The van der Waals surface area contributed by atoms with Crippen molar-refractivity contribution in [2.45, 2.75) is 71.1 Å². The molecule has 1 aliphatic heterocycles. The standard InChI is InChI=1S/C31H45N3O10/c1-16-10-21-26(33-14-20(36)15-35)23(37)13-22(28(21)39)34-30(40)17(2)8-7-9-24(42-5)29(44-31(32)41)19(4)12-18(3)27(38)25(11-16)43-6/h7-9,12-13,16,18,20,24-25,27,29,33,35-36,38H,10-11,14-15H2,1-6H3,(H2,32,41)(H,34,40)/b9-7+,17-8-,19-12+/t16-,18+,20+,24+,25+,27-,29+/m1/s1. The van der Waals surface area contributed by atoms with E-state index in [1.54, 1.807) is 26.0 Å². The van der Waals surface area contributed by atoms with Crippen molar-refractivity contribution in [2.75, 3.05) is 27.4 Å². The molecule has 13 heteroatoms. The minimum Gasteiger partial charge on any atom is -0.439 e. The van der Waals surface area contributed by atoms with Gasteiger partial charge in [-0.1, -0.05) is 38.2 Å². The molecule has 0 unspecified atom stereocenters. The van der Waals surface area contributed by atoms with E-state index >= 15 is 0 Å². The van der Waals surface area contributed by atoms with Gasteiger partial charge in [-0.15, -0.1) is 0 Å². The molecule has 1 aliphatic carbocycles. The van der Waals surface area contributed by atoms with Gasteiger partial charge in [0.25, 0.3) is 5.91 Å². The lowest BCUT2D eigenvalue weighted by atomic mass is 9.85. The summed E-state index contributed by atoms with van der Waals surface area (Å²) in [5.74, 6) is -2.58. The number of ketones is 2. The molecule has 7 atom stereocenters. The zero-order chi connectivity index (χ0) is 33.1. The van der Waals surface area contributed by atoms with E-state index in [0.717, 1.165) is 6.08 Å². The number of primary amides is 1. The Hall–Kier alpha value is -3.62. The molecule has 0 spiro atoms. The van der Waals surface area contributed by atoms with E-state index in [1.165, 1.54) is 33.3 Å². The van der Waals surface area contributed by atoms with Crippen LogP contribution in [0.25, 0.3) is 0 Å². The highest BCUT2D eigenvalue weighted by molar-refractivity contribution is 6.23. The summed E-state index contributed by atoms with van der Waals surface area (Å²) in [5.41, 5.74) is 5.92. The summed E-state index contributed by atoms with van der Waals surface area (Å²) in [4.78, 5) is 51.5. The van der Waals surface area contributed by atoms with Crippen LogP contribution < -0.4 is 16.4 Å². The highest BCUT2D eigenvalue weighted by Crippen LogP contribution is 2.29. The zero-order valence-corrected chi connectivity index (χ0v) is 26.0. The molecule has 44 heavy (non-hydrogen) atoms. The quantitative estimate of drug-likeness (QED) is 0.173. The lowest BCUT2D eigenvalue weighted by Gasteiger charge is -2.30. The van der Waals surface area contributed by atoms with Crippen LogP contribution in [-0.4, -0.2) is 96.8 Å². The number of hydrogen-bond donors (Lipinski definition) is 6. The van der Waals surface area contributed by atoms with Gasteiger partial charge in [0.1, 0.15) is 6.10 Å². The fourth-order valence-electron chi connectivity index (χ4n) is 5.06. The Labute approximate surface area is 257 Å². The fourth-order valence-corrected chi connectivity index (χ4v) is 5.06. The second-order valence-corrected chi connectivity index (χ2v) is 11.1. The highest BCUT2D eigenvalue weighted by atomic mass is 16.6. The largest absolute Gasteiger partial charge is 0.439 e. The minimum absolute atomic E-state index is 0.0408. The number of carbonyl (C=O) groups is 4. The number of allylic oxidation sites excluding steroid dienone is 4. The summed E-state index contributed by atoms with van der Waals surface area (Å²) in [5, 5.41) is 35.6. The molecule has 0 aromatic heterocycles. The Morgan fingerprint density at radius 1 is 1.18 bits per heavy atom. The van der Waals surface area contributed by atoms with Crippen LogP contribution in [0.3, 0.4) is 0 Å². The van der Waals surface area contributed by atoms with Crippen LogP contribution in [0.1, 0.15) is 40.5 Å². The normalized spacial score (nSPS) is 31.6. The first-order chi connectivity index (χ1) is 20.7. The first kappa shape index (κ1) is 36.6. The number of nitrogens with two attached hydrogens (primary N) is 1. The molecule has 7 N–H and O–H groups in total. The zero-order valence-electron chi connectivity index (χ0n) is 26.0. The first-order valence-electron chi connectivity index (χ1n) is 14.3. The number of ether oxygens (including phenoxy) is 3. The van der Waals surface area contributed by atoms with Crippen molar-refractivity contribution < 1.29 is 48.7 Å². The van der Waals surface area contributed by atoms with Crippen LogP contribution >= 0.6 is 0 Å². The van der Waals surface area contributed by atoms with Gasteiger partial charge in [-0.25, -0.2) is 4.79 Å². The van der Waals surface area contributed by atoms with Crippen LogP contribution in [0.5, 0.6) is 0 Å². The smallest absolute Gasteiger partial charge is 0.405 e. The van der Waals surface area contributed by atoms with E-state index in [0.29, 0.717) is 5.57 Å². The molecule has 1 heterocycles. The van der Waals surface area contributed by atoms with Crippen LogP contribution in [0.2, 0.25) is 0 Å². The van der Waals surface area contributed by atoms with Gasteiger partial charge < -0.3 is 45.9 Å². The second kappa shape index (κ2) is 17.0. The molecule has 2 rings (SSSR count). The Balaban J connectivity index is 2.62. The summed E-state index contributed by atoms with van der Waals surface area (Å²) >= 11 is 0. The predicted octanol–water partition coefficient (Wildman–Crippen LogP) is 0.705. The number of aliphatic hydroxyl groups is 3. The molecule has 2 bridgehead atoms. The molecular weight excluding hydrogens is 574 g/mol. The molecule has 0 saturated carbocycles. The summed E-state index contributed by atoms with van der Waals surface area (Å²) in [7, 11) is 2.86. The van der Waals surface area contributed by atoms with E-state index in [1.807, 2.05) is 6.92 Å². The predicted molar refractivity (Wildman–Crippen MR) is 161 cm³/mol. The number of rotatable bonds is 7. The highest BCUT2D eigenvalue weighted by Gasteiger charge is 2.33. The Kier molecular flexibility index (Phi) is 14.1. The molecule has 0 saturated heterocycles. The lowest BCUT2D eigenvalue weighted by Crippen LogP contribution is -2.39. The molecule has 0 aromatic rings. The van der Waals surface area contributed by atoms with Crippen LogP contribution in [0.15, 0.2) is 58.5 Å². The number of carbonyl (C=O) groups excluding carboxylic acids is 4. The fraction of sp³-hybridized carbons (Fsp3) is 0.548. The first-order valence-corrected chi connectivity index (χ1v) is 14.3. The lowest BCUT2D eigenvalue weighted by molar-refractivity contribution is -0.120. The van der Waals surface area contributed by atoms with Crippen molar-refractivity contribution in [3.05, 3.63) is 58.5 Å². The van der Waals surface area contributed by atoms with E-state index in [2.05, 4.69) is 10.6 Å². The molecule has 2 amide bonds. The van der Waals surface area contributed by atoms with Crippen molar-refractivity contribution in [1.82, 2.24) is 10.6 Å². The van der Waals surface area contributed by atoms with E-state index in [-0.39, 0.29) is 47.8 Å². The summed E-state index contributed by atoms with van der Waals surface area (Å²) in [6.07, 6.45) is 2.00. The molecule has 0 fully saturated rings. The topological polar surface area (TPSA) is 207 Å². The van der Waals surface area contributed by atoms with Gasteiger partial charge in [-0.3, -0.25) is 14.4 Å². The Morgan fingerprint density at radius 2 is 1.86 bits per heavy atom. The number of amides is 2. The van der Waals surface area contributed by atoms with E-state index in [9.17, 15) is 34.5 Å². The van der Waals surface area contributed by atoms with Gasteiger partial charge in [0.05, 0.1) is 36.3 Å². The minimum atomic E-state index is -1.17. The maximum atomic E-state index is 13.6. The summed E-state index contributed by atoms with van der Waals surface area (Å²) in [6, 6.07) is 0. The molecular formula is C31H45N3O10. The van der Waals surface area contributed by atoms with Crippen molar-refractivity contribution in [3.8, 4) is 0 Å². The van der Waals surface area contributed by atoms with Crippen LogP contribution in [0, 0.1) is 11.8 Å². The third-order valence-corrected chi connectivity index (χ3v) is 7.52. The summed E-state index contributed by atoms with van der Waals surface area (Å²) < 4.78 is 16.5. The summed E-state index contributed by atoms with van der Waals surface area (Å²) in [6.45, 7) is 6.09. The average Bonchev–Trinajstić information content (AvgIpc) is 2.97. The molecule has 2 aliphatic rings. The number of hydrogen-bond acceptors (Lipinski definition) is 11. The molecule has 244 valence electrons. The van der Waals surface area contributed by atoms with Gasteiger partial charge in [0.15, 0.2) is 6.10 Å². The van der Waals surface area contributed by atoms with Crippen LogP contribution in [0.4, 0.5) is 4.79 Å². The molecule has 13 nitrogen and oxygen atoms in total. The number of aliphatic hydroxyl groups excluding tert-OH is 3. The molecule has 0 radical (unpaired) electrons. The van der Waals surface area contributed by atoms with Crippen molar-refractivity contribution in [3.63, 3.8) is 0 Å². The van der Waals surface area contributed by atoms with Crippen LogP contribution in [-0.2, 0) is 28.6 Å². The van der Waals surface area contributed by atoms with Gasteiger partial charge in [-0.05, 0) is 38.2 Å². The van der Waals surface area contributed by atoms with Gasteiger partial charge >= 0.3 is 6.09 Å². The number of Topliss-reactive ketones (excluding diaryl/α,β-unsaturated/α-hetero) is 1.